The number of hydrogen-bond acceptors (Lipinski definition) is 1. The van der Waals surface area contributed by atoms with Crippen LogP contribution in [0.2, 0.25) is 5.15 Å². The fraction of sp³-hybridized carbons (Fsp3) is 0.333. The smallest absolute Gasteiger partial charge is 0.352 e. The third-order valence-corrected chi connectivity index (χ3v) is 1.74. The van der Waals surface area contributed by atoms with E-state index in [0.717, 1.165) is 0 Å². The molecule has 0 aromatic carbocycles. The first-order valence-corrected chi connectivity index (χ1v) is 3.46. The maximum Gasteiger partial charge on any atom is 0.407 e. The molecule has 0 aliphatic rings. The highest BCUT2D eigenvalue weighted by Crippen LogP contribution is 2.33. The van der Waals surface area contributed by atoms with Crippen LogP contribution >= 0.6 is 11.6 Å². The summed E-state index contributed by atoms with van der Waals surface area (Å²) in [7, 11) is 0. The first-order chi connectivity index (χ1) is 5.43. The van der Waals surface area contributed by atoms with Gasteiger partial charge < -0.3 is 10.7 Å². The zero-order valence-electron chi connectivity index (χ0n) is 5.82. The zero-order valence-corrected chi connectivity index (χ0v) is 6.58. The van der Waals surface area contributed by atoms with Gasteiger partial charge in [0, 0.05) is 11.8 Å². The molecule has 0 aliphatic heterocycles. The summed E-state index contributed by atoms with van der Waals surface area (Å²) in [6.45, 7) is 0. The lowest BCUT2D eigenvalue weighted by Crippen LogP contribution is -2.28. The van der Waals surface area contributed by atoms with Crippen LogP contribution in [0.15, 0.2) is 12.3 Å². The van der Waals surface area contributed by atoms with Gasteiger partial charge in [0.05, 0.1) is 0 Å². The molecule has 0 saturated heterocycles. The second-order valence-corrected chi connectivity index (χ2v) is 2.64. The van der Waals surface area contributed by atoms with Crippen molar-refractivity contribution in [1.29, 1.82) is 0 Å². The molecule has 0 bridgehead atoms. The van der Waals surface area contributed by atoms with Crippen LogP contribution in [0, 0.1) is 0 Å². The van der Waals surface area contributed by atoms with E-state index in [2.05, 4.69) is 4.98 Å². The molecule has 0 aliphatic carbocycles. The van der Waals surface area contributed by atoms with Crippen molar-refractivity contribution < 1.29 is 13.2 Å². The monoisotopic (exact) mass is 198 g/mol. The maximum atomic E-state index is 12.0. The molecule has 6 heteroatoms. The van der Waals surface area contributed by atoms with Crippen molar-refractivity contribution in [3.05, 3.63) is 23.0 Å². The van der Waals surface area contributed by atoms with E-state index in [-0.39, 0.29) is 10.7 Å². The van der Waals surface area contributed by atoms with Crippen LogP contribution in [-0.2, 0) is 0 Å². The van der Waals surface area contributed by atoms with Crippen LogP contribution in [0.5, 0.6) is 0 Å². The lowest BCUT2D eigenvalue weighted by molar-refractivity contribution is -0.149. The van der Waals surface area contributed by atoms with Crippen LogP contribution in [0.4, 0.5) is 13.2 Å². The van der Waals surface area contributed by atoms with Gasteiger partial charge in [-0.05, 0) is 6.07 Å². The van der Waals surface area contributed by atoms with Gasteiger partial charge in [0.25, 0.3) is 0 Å². The molecule has 0 unspecified atom stereocenters. The minimum atomic E-state index is -4.45. The third-order valence-electron chi connectivity index (χ3n) is 1.41. The van der Waals surface area contributed by atoms with E-state index in [1.807, 2.05) is 0 Å². The fourth-order valence-electron chi connectivity index (χ4n) is 0.778. The van der Waals surface area contributed by atoms with Crippen molar-refractivity contribution in [3.8, 4) is 0 Å². The van der Waals surface area contributed by atoms with Crippen LogP contribution in [0.3, 0.4) is 0 Å². The number of rotatable bonds is 1. The van der Waals surface area contributed by atoms with Gasteiger partial charge >= 0.3 is 6.18 Å². The van der Waals surface area contributed by atoms with E-state index < -0.39 is 12.2 Å². The molecule has 2 nitrogen and oxygen atoms in total. The van der Waals surface area contributed by atoms with Gasteiger partial charge in [-0.2, -0.15) is 13.2 Å². The maximum absolute atomic E-state index is 12.0. The van der Waals surface area contributed by atoms with Crippen molar-refractivity contribution in [3.63, 3.8) is 0 Å². The summed E-state index contributed by atoms with van der Waals surface area (Å²) in [6.07, 6.45) is -3.14. The molecular formula is C6H6ClF3N2. The molecule has 0 amide bonds. The Morgan fingerprint density at radius 2 is 2.08 bits per heavy atom. The zero-order chi connectivity index (χ0) is 9.35. The van der Waals surface area contributed by atoms with Gasteiger partial charge in [-0.3, -0.25) is 0 Å². The molecule has 12 heavy (non-hydrogen) atoms. The first kappa shape index (κ1) is 9.41. The van der Waals surface area contributed by atoms with E-state index in [1.54, 1.807) is 0 Å². The van der Waals surface area contributed by atoms with E-state index in [0.29, 0.717) is 0 Å². The Balaban J connectivity index is 2.92. The Morgan fingerprint density at radius 1 is 1.50 bits per heavy atom. The van der Waals surface area contributed by atoms with Crippen LogP contribution in [0.25, 0.3) is 0 Å². The van der Waals surface area contributed by atoms with Gasteiger partial charge in [-0.15, -0.1) is 0 Å². The number of nitrogens with two attached hydrogens (primary N) is 1. The molecule has 1 aromatic heterocycles. The summed E-state index contributed by atoms with van der Waals surface area (Å²) in [5.41, 5.74) is 4.75. The molecule has 0 fully saturated rings. The summed E-state index contributed by atoms with van der Waals surface area (Å²) >= 11 is 5.41. The van der Waals surface area contributed by atoms with Gasteiger partial charge in [0.2, 0.25) is 0 Å². The average molecular weight is 199 g/mol. The lowest BCUT2D eigenvalue weighted by Gasteiger charge is -2.14. The average Bonchev–Trinajstić information content (AvgIpc) is 2.31. The molecule has 0 saturated carbocycles. The number of aromatic nitrogens is 1. The lowest BCUT2D eigenvalue weighted by atomic mass is 10.1. The summed E-state index contributed by atoms with van der Waals surface area (Å²) in [4.78, 5) is 2.41. The van der Waals surface area contributed by atoms with Crippen LogP contribution in [0.1, 0.15) is 11.6 Å². The molecule has 68 valence electrons. The quantitative estimate of drug-likeness (QED) is 0.714. The third kappa shape index (κ3) is 1.73. The van der Waals surface area contributed by atoms with E-state index in [4.69, 9.17) is 17.3 Å². The van der Waals surface area contributed by atoms with Gasteiger partial charge in [-0.1, -0.05) is 11.6 Å². The van der Waals surface area contributed by atoms with Crippen LogP contribution < -0.4 is 5.73 Å². The highest BCUT2D eigenvalue weighted by molar-refractivity contribution is 6.30. The Hall–Kier alpha value is -0.680. The van der Waals surface area contributed by atoms with Crippen molar-refractivity contribution in [1.82, 2.24) is 4.98 Å². The van der Waals surface area contributed by atoms with E-state index >= 15 is 0 Å². The summed E-state index contributed by atoms with van der Waals surface area (Å²) in [6, 6.07) is -0.809. The Morgan fingerprint density at radius 3 is 2.42 bits per heavy atom. The molecule has 1 rings (SSSR count). The van der Waals surface area contributed by atoms with Crippen molar-refractivity contribution >= 4 is 11.6 Å². The van der Waals surface area contributed by atoms with Crippen molar-refractivity contribution in [2.75, 3.05) is 0 Å². The Bertz CT molecular complexity index is 268. The summed E-state index contributed by atoms with van der Waals surface area (Å²) in [5, 5.41) is -0.0696. The fourth-order valence-corrected chi connectivity index (χ4v) is 1.02. The number of H-pyrrole nitrogens is 1. The van der Waals surface area contributed by atoms with Gasteiger partial charge in [0.1, 0.15) is 11.2 Å². The molecule has 3 N–H and O–H groups in total. The van der Waals surface area contributed by atoms with Crippen molar-refractivity contribution in [2.24, 2.45) is 5.73 Å². The van der Waals surface area contributed by atoms with Crippen LogP contribution in [-0.4, -0.2) is 11.2 Å². The molecule has 1 atom stereocenters. The standard InChI is InChI=1S/C6H6ClF3N2/c7-5-3(1-2-12-5)4(11)6(8,9)10/h1-2,4,12H,11H2/t4-/m0/s1. The minimum Gasteiger partial charge on any atom is -0.352 e. The molecule has 0 radical (unpaired) electrons. The highest BCUT2D eigenvalue weighted by Gasteiger charge is 2.39. The number of halogens is 4. The first-order valence-electron chi connectivity index (χ1n) is 3.08. The second kappa shape index (κ2) is 2.99. The molecule has 0 spiro atoms. The van der Waals surface area contributed by atoms with Gasteiger partial charge in [0.15, 0.2) is 0 Å². The number of aromatic amines is 1. The van der Waals surface area contributed by atoms with E-state index in [1.165, 1.54) is 12.3 Å². The van der Waals surface area contributed by atoms with Gasteiger partial charge in [-0.25, -0.2) is 0 Å². The number of nitrogens with one attached hydrogen (secondary N) is 1. The predicted octanol–water partition coefficient (Wildman–Crippen LogP) is 2.23. The minimum absolute atomic E-state index is 0.0696. The second-order valence-electron chi connectivity index (χ2n) is 2.27. The molecular weight excluding hydrogens is 193 g/mol. The Kier molecular flexibility index (Phi) is 2.34. The summed E-state index contributed by atoms with van der Waals surface area (Å²) in [5.74, 6) is 0. The highest BCUT2D eigenvalue weighted by atomic mass is 35.5. The molecule has 1 aromatic rings. The normalized spacial score (nSPS) is 14.8. The number of alkyl halides is 3. The van der Waals surface area contributed by atoms with E-state index in [9.17, 15) is 13.2 Å². The van der Waals surface area contributed by atoms with Crippen molar-refractivity contribution in [2.45, 2.75) is 12.2 Å². The Labute approximate surface area is 71.5 Å². The summed E-state index contributed by atoms with van der Waals surface area (Å²) < 4.78 is 36.0. The number of hydrogen-bond donors (Lipinski definition) is 2. The SMILES string of the molecule is N[C@@H](c1cc[nH]c1Cl)C(F)(F)F. The largest absolute Gasteiger partial charge is 0.407 e. The molecule has 1 heterocycles. The topological polar surface area (TPSA) is 41.8 Å². The predicted molar refractivity (Wildman–Crippen MR) is 38.8 cm³/mol.